The summed E-state index contributed by atoms with van der Waals surface area (Å²) < 4.78 is 46.5. The molecule has 8 heteroatoms. The number of carbonyl (C=O) groups is 1. The number of benzene rings is 2. The van der Waals surface area contributed by atoms with Crippen LogP contribution in [0.3, 0.4) is 0 Å². The van der Waals surface area contributed by atoms with E-state index >= 15 is 0 Å². The van der Waals surface area contributed by atoms with Crippen molar-refractivity contribution in [2.45, 2.75) is 6.92 Å². The van der Waals surface area contributed by atoms with Gasteiger partial charge in [-0.25, -0.2) is 18.2 Å². The minimum Gasteiger partial charge on any atom is -0.438 e. The van der Waals surface area contributed by atoms with Gasteiger partial charge in [0.2, 0.25) is 5.88 Å². The molecule has 0 fully saturated rings. The van der Waals surface area contributed by atoms with E-state index in [0.717, 1.165) is 17.0 Å². The van der Waals surface area contributed by atoms with Crippen LogP contribution in [-0.4, -0.2) is 17.9 Å². The minimum atomic E-state index is -1.66. The molecule has 0 saturated heterocycles. The van der Waals surface area contributed by atoms with E-state index in [2.05, 4.69) is 4.98 Å². The highest BCUT2D eigenvalue weighted by atomic mass is 35.5. The molecular weight excluding hydrogens is 393 g/mol. The third-order valence-corrected chi connectivity index (χ3v) is 4.14. The van der Waals surface area contributed by atoms with Gasteiger partial charge in [-0.15, -0.1) is 0 Å². The number of aryl methyl sites for hydroxylation is 1. The van der Waals surface area contributed by atoms with E-state index in [1.165, 1.54) is 25.4 Å². The third-order valence-electron chi connectivity index (χ3n) is 3.91. The summed E-state index contributed by atoms with van der Waals surface area (Å²) in [5, 5.41) is 0.429. The number of pyridine rings is 1. The molecule has 4 nitrogen and oxygen atoms in total. The standard InChI is InChI=1S/C20H14ClF3N2O2/c1-11-8-14(19(25-10-11)28-13-5-3-4-12(21)9-13)20(27)26(2)16-7-6-15(22)17(23)18(16)24/h3-10H,1-2H3. The molecule has 0 atom stereocenters. The van der Waals surface area contributed by atoms with Gasteiger partial charge in [0.25, 0.3) is 5.91 Å². The lowest BCUT2D eigenvalue weighted by atomic mass is 10.1. The Morgan fingerprint density at radius 2 is 1.86 bits per heavy atom. The van der Waals surface area contributed by atoms with Crippen molar-refractivity contribution in [3.05, 3.63) is 82.3 Å². The monoisotopic (exact) mass is 406 g/mol. The zero-order chi connectivity index (χ0) is 20.4. The zero-order valence-electron chi connectivity index (χ0n) is 14.8. The molecule has 3 aromatic rings. The van der Waals surface area contributed by atoms with Crippen molar-refractivity contribution in [1.29, 1.82) is 0 Å². The topological polar surface area (TPSA) is 42.4 Å². The maximum atomic E-state index is 14.1. The minimum absolute atomic E-state index is 0.0200. The van der Waals surface area contributed by atoms with Gasteiger partial charge in [-0.05, 0) is 48.9 Å². The van der Waals surface area contributed by atoms with Crippen LogP contribution in [0, 0.1) is 24.4 Å². The molecular formula is C20H14ClF3N2O2. The van der Waals surface area contributed by atoms with E-state index in [9.17, 15) is 18.0 Å². The van der Waals surface area contributed by atoms with E-state index in [1.54, 1.807) is 25.1 Å². The van der Waals surface area contributed by atoms with Crippen LogP contribution in [0.2, 0.25) is 5.02 Å². The van der Waals surface area contributed by atoms with Crippen molar-refractivity contribution in [1.82, 2.24) is 4.98 Å². The molecule has 2 aromatic carbocycles. The lowest BCUT2D eigenvalue weighted by molar-refractivity contribution is 0.0989. The predicted octanol–water partition coefficient (Wildman–Crippen LogP) is 5.53. The quantitative estimate of drug-likeness (QED) is 0.535. The maximum Gasteiger partial charge on any atom is 0.263 e. The molecule has 0 aliphatic heterocycles. The van der Waals surface area contributed by atoms with Crippen molar-refractivity contribution >= 4 is 23.2 Å². The summed E-state index contributed by atoms with van der Waals surface area (Å²) in [6, 6.07) is 9.71. The second-order valence-corrected chi connectivity index (χ2v) is 6.42. The predicted molar refractivity (Wildman–Crippen MR) is 99.5 cm³/mol. The summed E-state index contributed by atoms with van der Waals surface area (Å²) in [5.74, 6) is -4.86. The normalized spacial score (nSPS) is 10.6. The zero-order valence-corrected chi connectivity index (χ0v) is 15.6. The van der Waals surface area contributed by atoms with Crippen molar-refractivity contribution in [2.24, 2.45) is 0 Å². The Morgan fingerprint density at radius 3 is 2.57 bits per heavy atom. The van der Waals surface area contributed by atoms with Crippen LogP contribution in [-0.2, 0) is 0 Å². The largest absolute Gasteiger partial charge is 0.438 e. The number of hydrogen-bond donors (Lipinski definition) is 0. The van der Waals surface area contributed by atoms with Gasteiger partial charge in [0.1, 0.15) is 11.3 Å². The summed E-state index contributed by atoms with van der Waals surface area (Å²) in [7, 11) is 1.24. The summed E-state index contributed by atoms with van der Waals surface area (Å²) in [4.78, 5) is 17.9. The van der Waals surface area contributed by atoms with Crippen molar-refractivity contribution < 1.29 is 22.7 Å². The van der Waals surface area contributed by atoms with E-state index in [1.807, 2.05) is 0 Å². The summed E-state index contributed by atoms with van der Waals surface area (Å²) in [5.41, 5.74) is 0.256. The number of nitrogens with zero attached hydrogens (tertiary/aromatic N) is 2. The van der Waals surface area contributed by atoms with E-state index in [4.69, 9.17) is 16.3 Å². The number of ether oxygens (including phenoxy) is 1. The number of amides is 1. The highest BCUT2D eigenvalue weighted by molar-refractivity contribution is 6.30. The van der Waals surface area contributed by atoms with E-state index in [0.29, 0.717) is 16.3 Å². The highest BCUT2D eigenvalue weighted by Gasteiger charge is 2.24. The van der Waals surface area contributed by atoms with Gasteiger partial charge in [0.15, 0.2) is 17.5 Å². The molecule has 0 bridgehead atoms. The average Bonchev–Trinajstić information content (AvgIpc) is 2.66. The molecule has 0 N–H and O–H groups in total. The highest BCUT2D eigenvalue weighted by Crippen LogP contribution is 2.29. The van der Waals surface area contributed by atoms with Crippen LogP contribution >= 0.6 is 11.6 Å². The molecule has 0 spiro atoms. The fourth-order valence-electron chi connectivity index (χ4n) is 2.50. The summed E-state index contributed by atoms with van der Waals surface area (Å²) >= 11 is 5.93. The number of rotatable bonds is 4. The van der Waals surface area contributed by atoms with Gasteiger partial charge in [-0.3, -0.25) is 4.79 Å². The van der Waals surface area contributed by atoms with Gasteiger partial charge < -0.3 is 9.64 Å². The van der Waals surface area contributed by atoms with Crippen LogP contribution in [0.15, 0.2) is 48.7 Å². The molecule has 0 aliphatic carbocycles. The molecule has 1 heterocycles. The first-order valence-corrected chi connectivity index (χ1v) is 8.47. The lowest BCUT2D eigenvalue weighted by Gasteiger charge is -2.20. The van der Waals surface area contributed by atoms with Gasteiger partial charge >= 0.3 is 0 Å². The van der Waals surface area contributed by atoms with Crippen LogP contribution in [0.1, 0.15) is 15.9 Å². The summed E-state index contributed by atoms with van der Waals surface area (Å²) in [6.45, 7) is 1.71. The molecule has 28 heavy (non-hydrogen) atoms. The Labute approximate surface area is 164 Å². The lowest BCUT2D eigenvalue weighted by Crippen LogP contribution is -2.28. The number of carbonyl (C=O) groups excluding carboxylic acids is 1. The molecule has 1 amide bonds. The van der Waals surface area contributed by atoms with Crippen LogP contribution in [0.5, 0.6) is 11.6 Å². The average molecular weight is 407 g/mol. The SMILES string of the molecule is Cc1cnc(Oc2cccc(Cl)c2)c(C(=O)N(C)c2ccc(F)c(F)c2F)c1. The molecule has 144 valence electrons. The van der Waals surface area contributed by atoms with Crippen LogP contribution in [0.25, 0.3) is 0 Å². The number of aromatic nitrogens is 1. The fourth-order valence-corrected chi connectivity index (χ4v) is 2.68. The molecule has 0 aliphatic rings. The first-order valence-electron chi connectivity index (χ1n) is 8.09. The number of anilines is 1. The van der Waals surface area contributed by atoms with Crippen LogP contribution < -0.4 is 9.64 Å². The second kappa shape index (κ2) is 7.90. The first-order chi connectivity index (χ1) is 13.3. The molecule has 0 saturated carbocycles. The molecule has 3 rings (SSSR count). The Hall–Kier alpha value is -3.06. The Kier molecular flexibility index (Phi) is 5.56. The van der Waals surface area contributed by atoms with E-state index in [-0.39, 0.29) is 11.4 Å². The first kappa shape index (κ1) is 19.7. The van der Waals surface area contributed by atoms with Crippen molar-refractivity contribution in [3.8, 4) is 11.6 Å². The molecule has 0 radical (unpaired) electrons. The Morgan fingerprint density at radius 1 is 1.11 bits per heavy atom. The van der Waals surface area contributed by atoms with Gasteiger partial charge in [0.05, 0.1) is 5.69 Å². The maximum absolute atomic E-state index is 14.1. The Balaban J connectivity index is 1.99. The fraction of sp³-hybridized carbons (Fsp3) is 0.100. The smallest absolute Gasteiger partial charge is 0.263 e. The van der Waals surface area contributed by atoms with Crippen LogP contribution in [0.4, 0.5) is 18.9 Å². The molecule has 0 unspecified atom stereocenters. The summed E-state index contributed by atoms with van der Waals surface area (Å²) in [6.07, 6.45) is 1.49. The van der Waals surface area contributed by atoms with Gasteiger partial charge in [-0.2, -0.15) is 0 Å². The van der Waals surface area contributed by atoms with Gasteiger partial charge in [0, 0.05) is 18.3 Å². The number of hydrogen-bond acceptors (Lipinski definition) is 3. The number of halogens is 4. The molecule has 1 aromatic heterocycles. The Bertz CT molecular complexity index is 1060. The third kappa shape index (κ3) is 3.94. The van der Waals surface area contributed by atoms with Crippen molar-refractivity contribution in [3.63, 3.8) is 0 Å². The van der Waals surface area contributed by atoms with E-state index < -0.39 is 29.0 Å². The van der Waals surface area contributed by atoms with Crippen molar-refractivity contribution in [2.75, 3.05) is 11.9 Å². The second-order valence-electron chi connectivity index (χ2n) is 5.98. The van der Waals surface area contributed by atoms with Gasteiger partial charge in [-0.1, -0.05) is 17.7 Å².